The molecule has 0 radical (unpaired) electrons. The van der Waals surface area contributed by atoms with Crippen LogP contribution in [0.25, 0.3) is 33.3 Å². The number of carbonyl (C=O) groups is 2. The fourth-order valence-electron chi connectivity index (χ4n) is 5.58. The number of aryl methyl sites for hydroxylation is 1. The number of pyridine rings is 1. The quantitative estimate of drug-likeness (QED) is 0.275. The van der Waals surface area contributed by atoms with Gasteiger partial charge >= 0.3 is 0 Å². The van der Waals surface area contributed by atoms with E-state index in [1.54, 1.807) is 17.2 Å². The van der Waals surface area contributed by atoms with Crippen LogP contribution in [0.15, 0.2) is 95.9 Å². The molecule has 1 fully saturated rings. The molecule has 5 aromatic rings. The Morgan fingerprint density at radius 2 is 1.60 bits per heavy atom. The zero-order valence-electron chi connectivity index (χ0n) is 23.9. The monoisotopic (exact) mass is 572 g/mol. The van der Waals surface area contributed by atoms with Crippen LogP contribution in [0.2, 0.25) is 0 Å². The van der Waals surface area contributed by atoms with E-state index in [-0.39, 0.29) is 23.3 Å². The molecule has 1 aliphatic heterocycles. The zero-order chi connectivity index (χ0) is 29.9. The summed E-state index contributed by atoms with van der Waals surface area (Å²) < 4.78 is 1.45. The first-order valence-corrected chi connectivity index (χ1v) is 14.4. The van der Waals surface area contributed by atoms with Crippen LogP contribution < -0.4 is 16.6 Å². The standard InChI is InChI=1S/C34H32N6O3/c1-2-40-34(43)31(37-29-13-5-12-28-27(29)11-6-16-36-28)21-30(38-40)25-9-3-7-23(19-25)24-8-4-10-26(20-24)33(42)39-17-14-22(15-18-39)32(35)41/h3-13,16,19-22,37H,2,14-15,17-18H2,1H3,(H2,35,41). The Hall–Kier alpha value is -5.31. The Kier molecular flexibility index (Phi) is 7.70. The lowest BCUT2D eigenvalue weighted by Crippen LogP contribution is -2.41. The van der Waals surface area contributed by atoms with Crippen molar-refractivity contribution in [2.24, 2.45) is 11.7 Å². The maximum Gasteiger partial charge on any atom is 0.290 e. The number of carbonyl (C=O) groups excluding carboxylic acids is 2. The molecule has 3 heterocycles. The Balaban J connectivity index is 1.30. The maximum absolute atomic E-state index is 13.3. The maximum atomic E-state index is 13.3. The molecule has 3 N–H and O–H groups in total. The van der Waals surface area contributed by atoms with Crippen LogP contribution >= 0.6 is 0 Å². The van der Waals surface area contributed by atoms with E-state index < -0.39 is 0 Å². The molecule has 3 aromatic carbocycles. The highest BCUT2D eigenvalue weighted by molar-refractivity contribution is 5.96. The summed E-state index contributed by atoms with van der Waals surface area (Å²) in [6, 6.07) is 26.8. The summed E-state index contributed by atoms with van der Waals surface area (Å²) in [6.45, 7) is 3.32. The van der Waals surface area contributed by atoms with Gasteiger partial charge in [-0.3, -0.25) is 19.4 Å². The van der Waals surface area contributed by atoms with Gasteiger partial charge in [0.1, 0.15) is 5.69 Å². The summed E-state index contributed by atoms with van der Waals surface area (Å²) in [7, 11) is 0. The van der Waals surface area contributed by atoms with E-state index in [2.05, 4.69) is 15.4 Å². The Morgan fingerprint density at radius 1 is 0.884 bits per heavy atom. The van der Waals surface area contributed by atoms with Gasteiger partial charge in [-0.1, -0.05) is 36.4 Å². The number of benzene rings is 3. The van der Waals surface area contributed by atoms with Gasteiger partial charge in [-0.05, 0) is 79.4 Å². The SMILES string of the molecule is CCn1nc(-c2cccc(-c3cccc(C(=O)N4CCC(C(N)=O)CC4)c3)c2)cc(Nc2cccc3ncccc23)c1=O. The summed E-state index contributed by atoms with van der Waals surface area (Å²) in [5.41, 5.74) is 11.2. The lowest BCUT2D eigenvalue weighted by molar-refractivity contribution is -0.123. The van der Waals surface area contributed by atoms with Gasteiger partial charge < -0.3 is 16.0 Å². The summed E-state index contributed by atoms with van der Waals surface area (Å²) in [5, 5.41) is 8.89. The number of likely N-dealkylation sites (tertiary alicyclic amines) is 1. The third kappa shape index (κ3) is 5.74. The van der Waals surface area contributed by atoms with Crippen LogP contribution in [-0.4, -0.2) is 44.6 Å². The number of nitrogens with zero attached hydrogens (tertiary/aromatic N) is 4. The van der Waals surface area contributed by atoms with Crippen molar-refractivity contribution in [1.82, 2.24) is 19.7 Å². The second-order valence-electron chi connectivity index (χ2n) is 10.7. The highest BCUT2D eigenvalue weighted by Crippen LogP contribution is 2.29. The largest absolute Gasteiger partial charge is 0.369 e. The van der Waals surface area contributed by atoms with E-state index in [4.69, 9.17) is 5.73 Å². The molecular weight excluding hydrogens is 540 g/mol. The molecule has 9 nitrogen and oxygen atoms in total. The van der Waals surface area contributed by atoms with Gasteiger partial charge in [-0.25, -0.2) is 4.68 Å². The van der Waals surface area contributed by atoms with E-state index in [0.29, 0.717) is 49.4 Å². The predicted molar refractivity (Wildman–Crippen MR) is 168 cm³/mol. The van der Waals surface area contributed by atoms with Crippen LogP contribution in [0.3, 0.4) is 0 Å². The van der Waals surface area contributed by atoms with Crippen molar-refractivity contribution >= 4 is 34.1 Å². The van der Waals surface area contributed by atoms with Crippen molar-refractivity contribution in [3.8, 4) is 22.4 Å². The van der Waals surface area contributed by atoms with Gasteiger partial charge in [0.25, 0.3) is 11.5 Å². The average Bonchev–Trinajstić information content (AvgIpc) is 3.05. The summed E-state index contributed by atoms with van der Waals surface area (Å²) >= 11 is 0. The number of primary amides is 1. The first-order chi connectivity index (χ1) is 20.9. The highest BCUT2D eigenvalue weighted by atomic mass is 16.2. The number of fused-ring (bicyclic) bond motifs is 1. The molecule has 6 rings (SSSR count). The molecule has 216 valence electrons. The number of anilines is 2. The second-order valence-corrected chi connectivity index (χ2v) is 10.7. The molecular formula is C34H32N6O3. The van der Waals surface area contributed by atoms with Gasteiger partial charge in [-0.2, -0.15) is 5.10 Å². The van der Waals surface area contributed by atoms with Crippen molar-refractivity contribution in [3.05, 3.63) is 107 Å². The van der Waals surface area contributed by atoms with E-state index in [9.17, 15) is 14.4 Å². The lowest BCUT2D eigenvalue weighted by atomic mass is 9.95. The number of amides is 2. The molecule has 0 aliphatic carbocycles. The molecule has 1 aliphatic rings. The van der Waals surface area contributed by atoms with Crippen molar-refractivity contribution in [1.29, 1.82) is 0 Å². The number of hydrogen-bond acceptors (Lipinski definition) is 6. The smallest absolute Gasteiger partial charge is 0.290 e. The molecule has 2 aromatic heterocycles. The third-order valence-electron chi connectivity index (χ3n) is 7.97. The van der Waals surface area contributed by atoms with E-state index >= 15 is 0 Å². The van der Waals surface area contributed by atoms with Crippen molar-refractivity contribution < 1.29 is 9.59 Å². The molecule has 0 unspecified atom stereocenters. The van der Waals surface area contributed by atoms with Crippen molar-refractivity contribution in [2.45, 2.75) is 26.3 Å². The Morgan fingerprint density at radius 3 is 2.37 bits per heavy atom. The summed E-state index contributed by atoms with van der Waals surface area (Å²) in [5.74, 6) is -0.530. The van der Waals surface area contributed by atoms with E-state index in [0.717, 1.165) is 33.3 Å². The Bertz CT molecular complexity index is 1890. The molecule has 0 spiro atoms. The van der Waals surface area contributed by atoms with Gasteiger partial charge in [0.05, 0.1) is 11.2 Å². The lowest BCUT2D eigenvalue weighted by Gasteiger charge is -2.30. The molecule has 2 amide bonds. The minimum absolute atomic E-state index is 0.0584. The van der Waals surface area contributed by atoms with Crippen LogP contribution in [0.4, 0.5) is 11.4 Å². The first-order valence-electron chi connectivity index (χ1n) is 14.4. The fraction of sp³-hybridized carbons (Fsp3) is 0.206. The minimum atomic E-state index is -0.299. The highest BCUT2D eigenvalue weighted by Gasteiger charge is 2.26. The molecule has 9 heteroatoms. The van der Waals surface area contributed by atoms with Crippen LogP contribution in [0, 0.1) is 5.92 Å². The van der Waals surface area contributed by atoms with Gasteiger partial charge in [0.2, 0.25) is 5.91 Å². The van der Waals surface area contributed by atoms with Crippen molar-refractivity contribution in [3.63, 3.8) is 0 Å². The summed E-state index contributed by atoms with van der Waals surface area (Å²) in [6.07, 6.45) is 2.92. The second kappa shape index (κ2) is 11.9. The minimum Gasteiger partial charge on any atom is -0.369 e. The normalized spacial score (nSPS) is 13.7. The number of hydrogen-bond donors (Lipinski definition) is 2. The first kappa shape index (κ1) is 27.8. The number of rotatable bonds is 7. The van der Waals surface area contributed by atoms with Crippen molar-refractivity contribution in [2.75, 3.05) is 18.4 Å². The topological polar surface area (TPSA) is 123 Å². The van der Waals surface area contributed by atoms with E-state index in [1.165, 1.54) is 4.68 Å². The third-order valence-corrected chi connectivity index (χ3v) is 7.97. The molecule has 0 saturated carbocycles. The molecule has 43 heavy (non-hydrogen) atoms. The number of nitrogens with one attached hydrogen (secondary N) is 1. The van der Waals surface area contributed by atoms with Gasteiger partial charge in [-0.15, -0.1) is 0 Å². The fourth-order valence-corrected chi connectivity index (χ4v) is 5.58. The average molecular weight is 573 g/mol. The molecule has 0 atom stereocenters. The molecule has 0 bridgehead atoms. The van der Waals surface area contributed by atoms with Crippen LogP contribution in [0.1, 0.15) is 30.1 Å². The zero-order valence-corrected chi connectivity index (χ0v) is 23.9. The number of nitrogens with two attached hydrogens (primary N) is 1. The summed E-state index contributed by atoms with van der Waals surface area (Å²) in [4.78, 5) is 44.3. The van der Waals surface area contributed by atoms with E-state index in [1.807, 2.05) is 85.8 Å². The predicted octanol–water partition coefficient (Wildman–Crippen LogP) is 5.23. The molecule has 1 saturated heterocycles. The Labute approximate surface area is 249 Å². The number of piperidine rings is 1. The van der Waals surface area contributed by atoms with Crippen LogP contribution in [0.5, 0.6) is 0 Å². The van der Waals surface area contributed by atoms with Gasteiger partial charge in [0, 0.05) is 53.9 Å². The number of aromatic nitrogens is 3. The van der Waals surface area contributed by atoms with Gasteiger partial charge in [0.15, 0.2) is 0 Å². The van der Waals surface area contributed by atoms with Crippen LogP contribution in [-0.2, 0) is 11.3 Å².